The second kappa shape index (κ2) is 7.80. The highest BCUT2D eigenvalue weighted by Crippen LogP contribution is 2.49. The molecule has 0 amide bonds. The van der Waals surface area contributed by atoms with Gasteiger partial charge in [0.15, 0.2) is 23.5 Å². The highest BCUT2D eigenvalue weighted by Gasteiger charge is 2.41. The number of hydrazine groups is 1. The summed E-state index contributed by atoms with van der Waals surface area (Å²) in [7, 11) is 0. The lowest BCUT2D eigenvalue weighted by Gasteiger charge is -2.39. The summed E-state index contributed by atoms with van der Waals surface area (Å²) < 4.78 is 23.6. The number of hydrogen-bond donors (Lipinski definition) is 1. The fourth-order valence-electron chi connectivity index (χ4n) is 3.95. The lowest BCUT2D eigenvalue weighted by molar-refractivity contribution is -0.0347. The van der Waals surface area contributed by atoms with Gasteiger partial charge in [-0.1, -0.05) is 24.3 Å². The molecule has 0 saturated heterocycles. The molecule has 6 heteroatoms. The largest absolute Gasteiger partial charge is 0.494 e. The van der Waals surface area contributed by atoms with E-state index in [1.807, 2.05) is 62.4 Å². The van der Waals surface area contributed by atoms with Gasteiger partial charge >= 0.3 is 0 Å². The van der Waals surface area contributed by atoms with Crippen LogP contribution in [-0.2, 0) is 0 Å². The van der Waals surface area contributed by atoms with Crippen molar-refractivity contribution in [3.63, 3.8) is 0 Å². The zero-order valence-electron chi connectivity index (χ0n) is 17.0. The van der Waals surface area contributed by atoms with Crippen molar-refractivity contribution in [1.82, 2.24) is 10.4 Å². The van der Waals surface area contributed by atoms with Crippen LogP contribution >= 0.6 is 0 Å². The van der Waals surface area contributed by atoms with E-state index in [-0.39, 0.29) is 12.3 Å². The normalized spacial score (nSPS) is 19.9. The Morgan fingerprint density at radius 1 is 0.967 bits per heavy atom. The van der Waals surface area contributed by atoms with Crippen molar-refractivity contribution >= 4 is 5.70 Å². The highest BCUT2D eigenvalue weighted by molar-refractivity contribution is 5.65. The number of ether oxygens (including phenoxy) is 3. The second-order valence-electron chi connectivity index (χ2n) is 7.10. The molecule has 154 valence electrons. The number of benzene rings is 2. The van der Waals surface area contributed by atoms with Gasteiger partial charge in [-0.3, -0.25) is 0 Å². The number of furan rings is 1. The van der Waals surface area contributed by atoms with Crippen LogP contribution < -0.4 is 19.6 Å². The first kappa shape index (κ1) is 18.6. The molecule has 0 saturated carbocycles. The molecule has 5 rings (SSSR count). The lowest BCUT2D eigenvalue weighted by atomic mass is 10.0. The second-order valence-corrected chi connectivity index (χ2v) is 7.10. The van der Waals surface area contributed by atoms with E-state index in [2.05, 4.69) is 22.6 Å². The Morgan fingerprint density at radius 2 is 1.80 bits per heavy atom. The molecular formula is C24H24N2O4. The van der Waals surface area contributed by atoms with E-state index in [4.69, 9.17) is 18.6 Å². The minimum absolute atomic E-state index is 0.0224. The molecule has 2 aromatic carbocycles. The number of hydrogen-bond acceptors (Lipinski definition) is 6. The average molecular weight is 404 g/mol. The SMILES string of the molecule is CCOc1ccc(C2Oc3c(OCC)cccc3C3C=C(c4ccco4)NN32)cc1. The van der Waals surface area contributed by atoms with E-state index >= 15 is 0 Å². The van der Waals surface area contributed by atoms with Crippen molar-refractivity contribution in [2.45, 2.75) is 26.1 Å². The fourth-order valence-corrected chi connectivity index (χ4v) is 3.95. The molecule has 1 N–H and O–H groups in total. The summed E-state index contributed by atoms with van der Waals surface area (Å²) in [4.78, 5) is 0. The van der Waals surface area contributed by atoms with Crippen LogP contribution in [-0.4, -0.2) is 18.2 Å². The van der Waals surface area contributed by atoms with E-state index in [1.54, 1.807) is 6.26 Å². The Morgan fingerprint density at radius 3 is 2.53 bits per heavy atom. The molecule has 6 nitrogen and oxygen atoms in total. The third kappa shape index (κ3) is 3.19. The van der Waals surface area contributed by atoms with E-state index in [0.29, 0.717) is 13.2 Å². The summed E-state index contributed by atoms with van der Waals surface area (Å²) in [5.41, 5.74) is 6.46. The molecule has 0 bridgehead atoms. The Bertz CT molecular complexity index is 1040. The van der Waals surface area contributed by atoms with Crippen LogP contribution in [0.5, 0.6) is 17.2 Å². The Balaban J connectivity index is 1.56. The maximum atomic E-state index is 6.51. The van der Waals surface area contributed by atoms with Gasteiger partial charge in [-0.15, -0.1) is 0 Å². The molecule has 2 unspecified atom stereocenters. The molecule has 2 aliphatic rings. The van der Waals surface area contributed by atoms with Crippen LogP contribution in [0.1, 0.15) is 43.0 Å². The molecule has 30 heavy (non-hydrogen) atoms. The minimum atomic E-state index is -0.344. The topological polar surface area (TPSA) is 56.1 Å². The van der Waals surface area contributed by atoms with Crippen molar-refractivity contribution in [3.05, 3.63) is 83.8 Å². The zero-order valence-corrected chi connectivity index (χ0v) is 17.0. The van der Waals surface area contributed by atoms with E-state index < -0.39 is 0 Å². The zero-order chi connectivity index (χ0) is 20.5. The smallest absolute Gasteiger partial charge is 0.196 e. The van der Waals surface area contributed by atoms with Crippen molar-refractivity contribution in [2.75, 3.05) is 13.2 Å². The van der Waals surface area contributed by atoms with Gasteiger partial charge < -0.3 is 24.1 Å². The van der Waals surface area contributed by atoms with E-state index in [1.165, 1.54) is 0 Å². The third-order valence-electron chi connectivity index (χ3n) is 5.25. The van der Waals surface area contributed by atoms with Crippen LogP contribution in [0.25, 0.3) is 5.70 Å². The van der Waals surface area contributed by atoms with Crippen LogP contribution in [0.3, 0.4) is 0 Å². The molecule has 0 spiro atoms. The molecular weight excluding hydrogens is 380 g/mol. The minimum Gasteiger partial charge on any atom is -0.494 e. The Kier molecular flexibility index (Phi) is 4.85. The van der Waals surface area contributed by atoms with Gasteiger partial charge in [0, 0.05) is 11.1 Å². The van der Waals surface area contributed by atoms with Crippen molar-refractivity contribution < 1.29 is 18.6 Å². The van der Waals surface area contributed by atoms with E-state index in [9.17, 15) is 0 Å². The van der Waals surface area contributed by atoms with Gasteiger partial charge in [-0.2, -0.15) is 5.01 Å². The molecule has 0 radical (unpaired) electrons. The van der Waals surface area contributed by atoms with Gasteiger partial charge in [0.1, 0.15) is 5.75 Å². The molecule has 3 heterocycles. The van der Waals surface area contributed by atoms with Gasteiger partial charge in [-0.05, 0) is 50.3 Å². The monoisotopic (exact) mass is 404 g/mol. The van der Waals surface area contributed by atoms with Crippen LogP contribution in [0.15, 0.2) is 71.4 Å². The quantitative estimate of drug-likeness (QED) is 0.619. The number of fused-ring (bicyclic) bond motifs is 3. The predicted octanol–water partition coefficient (Wildman–Crippen LogP) is 5.07. The molecule has 2 aliphatic heterocycles. The van der Waals surface area contributed by atoms with E-state index in [0.717, 1.165) is 39.8 Å². The number of nitrogens with one attached hydrogen (secondary N) is 1. The van der Waals surface area contributed by atoms with Crippen molar-refractivity contribution in [3.8, 4) is 17.2 Å². The van der Waals surface area contributed by atoms with Gasteiger partial charge in [0.05, 0.1) is 31.2 Å². The lowest BCUT2D eigenvalue weighted by Crippen LogP contribution is -2.43. The number of para-hydroxylation sites is 1. The van der Waals surface area contributed by atoms with Crippen LogP contribution in [0.4, 0.5) is 0 Å². The maximum absolute atomic E-state index is 6.51. The van der Waals surface area contributed by atoms with Crippen LogP contribution in [0.2, 0.25) is 0 Å². The van der Waals surface area contributed by atoms with Crippen LogP contribution in [0, 0.1) is 0 Å². The molecule has 1 aromatic heterocycles. The molecule has 2 atom stereocenters. The summed E-state index contributed by atoms with van der Waals surface area (Å²) in [5.74, 6) is 3.16. The number of rotatable bonds is 6. The molecule has 0 aliphatic carbocycles. The summed E-state index contributed by atoms with van der Waals surface area (Å²) in [5, 5.41) is 2.10. The summed E-state index contributed by atoms with van der Waals surface area (Å²) in [6.07, 6.45) is 3.50. The predicted molar refractivity (Wildman–Crippen MR) is 113 cm³/mol. The number of nitrogens with zero attached hydrogens (tertiary/aromatic N) is 1. The van der Waals surface area contributed by atoms with Crippen molar-refractivity contribution in [1.29, 1.82) is 0 Å². The van der Waals surface area contributed by atoms with Gasteiger partial charge in [0.25, 0.3) is 0 Å². The molecule has 3 aromatic rings. The Labute approximate surface area is 175 Å². The summed E-state index contributed by atoms with van der Waals surface area (Å²) in [6.45, 7) is 5.17. The van der Waals surface area contributed by atoms with Gasteiger partial charge in [-0.25, -0.2) is 0 Å². The standard InChI is InChI=1S/C24H24N2O4/c1-3-27-17-12-10-16(11-13-17)24-26-20(15-19(25-26)21-9-6-14-29-21)18-7-5-8-22(28-4-2)23(18)30-24/h5-15,20,24-25H,3-4H2,1-2H3. The summed E-state index contributed by atoms with van der Waals surface area (Å²) in [6, 6.07) is 17.8. The molecule has 0 fully saturated rings. The Hall–Kier alpha value is -3.38. The third-order valence-corrected chi connectivity index (χ3v) is 5.25. The maximum Gasteiger partial charge on any atom is 0.196 e. The summed E-state index contributed by atoms with van der Waals surface area (Å²) >= 11 is 0. The first-order chi connectivity index (χ1) is 14.8. The first-order valence-electron chi connectivity index (χ1n) is 10.2. The fraction of sp³-hybridized carbons (Fsp3) is 0.250. The highest BCUT2D eigenvalue weighted by atomic mass is 16.5. The first-order valence-corrected chi connectivity index (χ1v) is 10.2. The average Bonchev–Trinajstić information content (AvgIpc) is 3.45. The van der Waals surface area contributed by atoms with Gasteiger partial charge in [0.2, 0.25) is 0 Å². The van der Waals surface area contributed by atoms with Crippen molar-refractivity contribution in [2.24, 2.45) is 0 Å².